The van der Waals surface area contributed by atoms with Gasteiger partial charge in [0.1, 0.15) is 0 Å². The third-order valence-electron chi connectivity index (χ3n) is 13.9. The molecule has 1 aliphatic heterocycles. The summed E-state index contributed by atoms with van der Waals surface area (Å²) in [6.45, 7) is 27.6. The maximum atomic E-state index is 2.51. The monoisotopic (exact) mass is 900 g/mol. The minimum atomic E-state index is 0.0807. The van der Waals surface area contributed by atoms with Gasteiger partial charge < -0.3 is 9.80 Å². The fourth-order valence-corrected chi connectivity index (χ4v) is 12.3. The van der Waals surface area contributed by atoms with Crippen LogP contribution in [-0.4, -0.2) is 0 Å². The number of anilines is 5. The Kier molecular flexibility index (Phi) is 10.8. The lowest BCUT2D eigenvalue weighted by Crippen LogP contribution is -2.20. The van der Waals surface area contributed by atoms with Crippen LogP contribution in [-0.2, 0) is 16.2 Å². The normalized spacial score (nSPS) is 14.4. The van der Waals surface area contributed by atoms with Gasteiger partial charge in [0, 0.05) is 69.5 Å². The minimum Gasteiger partial charge on any atom is -0.314 e. The second-order valence-electron chi connectivity index (χ2n) is 22.7. The van der Waals surface area contributed by atoms with Crippen LogP contribution in [0.5, 0.6) is 0 Å². The highest BCUT2D eigenvalue weighted by molar-refractivity contribution is 7.99. The van der Waals surface area contributed by atoms with Crippen molar-refractivity contribution < 1.29 is 0 Å². The molecule has 0 N–H and O–H groups in total. The van der Waals surface area contributed by atoms with Gasteiger partial charge in [0.15, 0.2) is 0 Å². The fourth-order valence-electron chi connectivity index (χ4n) is 9.91. The Morgan fingerprint density at radius 2 is 0.924 bits per heavy atom. The standard InChI is InChI=1S/C62H64N2S2/c1-59(2,3)39-16-24-43(25-17-39)63(44-26-18-40(19-27-44)60(4,5)6)47-32-34-49-52-38-56-57(51-14-13-15-53(58(51)52)65-54(49)36-47)50-35-33-48(37-55(50)66-56)64(45-28-20-41(21-29-45)61(7,8)9)46-30-22-42(23-31-46)62(10,11)12/h13-22,24-30,32-38H,23,31H2,1-12H3. The highest BCUT2D eigenvalue weighted by Crippen LogP contribution is 2.54. The van der Waals surface area contributed by atoms with Crippen LogP contribution in [0.25, 0.3) is 42.1 Å². The van der Waals surface area contributed by atoms with E-state index in [-0.39, 0.29) is 21.7 Å². The first-order valence-corrected chi connectivity index (χ1v) is 25.4. The van der Waals surface area contributed by atoms with Crippen LogP contribution in [0, 0.1) is 5.41 Å². The Balaban J connectivity index is 1.08. The Labute approximate surface area is 402 Å². The van der Waals surface area contributed by atoms with Crippen LogP contribution in [0.3, 0.4) is 0 Å². The number of thiophene rings is 1. The van der Waals surface area contributed by atoms with Gasteiger partial charge in [-0.3, -0.25) is 0 Å². The summed E-state index contributed by atoms with van der Waals surface area (Å²) in [6.07, 6.45) is 6.83. The van der Waals surface area contributed by atoms with Gasteiger partial charge in [0.05, 0.1) is 0 Å². The van der Waals surface area contributed by atoms with E-state index < -0.39 is 0 Å². The van der Waals surface area contributed by atoms with Crippen molar-refractivity contribution in [1.82, 2.24) is 0 Å². The van der Waals surface area contributed by atoms with E-state index in [1.807, 2.05) is 23.1 Å². The number of allylic oxidation sites excluding steroid dienone is 4. The molecule has 0 spiro atoms. The molecule has 2 heterocycles. The molecular formula is C62H64N2S2. The van der Waals surface area contributed by atoms with Gasteiger partial charge in [0.2, 0.25) is 0 Å². The van der Waals surface area contributed by atoms with Gasteiger partial charge >= 0.3 is 0 Å². The van der Waals surface area contributed by atoms with Gasteiger partial charge in [-0.1, -0.05) is 167 Å². The Hall–Kier alpha value is -5.55. The molecule has 2 nitrogen and oxygen atoms in total. The van der Waals surface area contributed by atoms with Gasteiger partial charge in [-0.2, -0.15) is 0 Å². The van der Waals surface area contributed by atoms with Crippen molar-refractivity contribution >= 4 is 82.5 Å². The number of nitrogens with zero attached hydrogens (tertiary/aromatic N) is 2. The van der Waals surface area contributed by atoms with Crippen LogP contribution in [0.2, 0.25) is 0 Å². The molecule has 0 saturated heterocycles. The van der Waals surface area contributed by atoms with Crippen molar-refractivity contribution in [2.75, 3.05) is 9.80 Å². The predicted octanol–water partition coefficient (Wildman–Crippen LogP) is 19.5. The summed E-state index contributed by atoms with van der Waals surface area (Å²) in [5.41, 5.74) is 15.8. The van der Waals surface area contributed by atoms with Crippen molar-refractivity contribution in [2.24, 2.45) is 5.41 Å². The van der Waals surface area contributed by atoms with Crippen molar-refractivity contribution in [2.45, 2.75) is 122 Å². The summed E-state index contributed by atoms with van der Waals surface area (Å²) < 4.78 is 2.65. The second-order valence-corrected chi connectivity index (χ2v) is 24.9. The zero-order valence-electron chi connectivity index (χ0n) is 41.0. The minimum absolute atomic E-state index is 0.0807. The fraction of sp³-hybridized carbons (Fsp3) is 0.290. The molecule has 2 aliphatic rings. The van der Waals surface area contributed by atoms with Crippen LogP contribution >= 0.6 is 23.1 Å². The van der Waals surface area contributed by atoms with E-state index in [9.17, 15) is 0 Å². The van der Waals surface area contributed by atoms with Gasteiger partial charge in [-0.15, -0.1) is 11.3 Å². The van der Waals surface area contributed by atoms with Gasteiger partial charge in [-0.05, 0) is 147 Å². The Morgan fingerprint density at radius 3 is 1.45 bits per heavy atom. The maximum Gasteiger partial charge on any atom is 0.0473 e. The summed E-state index contributed by atoms with van der Waals surface area (Å²) >= 11 is 3.84. The summed E-state index contributed by atoms with van der Waals surface area (Å²) in [4.78, 5) is 7.54. The van der Waals surface area contributed by atoms with E-state index in [2.05, 4.69) is 238 Å². The van der Waals surface area contributed by atoms with Crippen molar-refractivity contribution in [3.8, 4) is 11.1 Å². The van der Waals surface area contributed by atoms with E-state index in [4.69, 9.17) is 0 Å². The zero-order valence-corrected chi connectivity index (χ0v) is 42.6. The van der Waals surface area contributed by atoms with Gasteiger partial charge in [0.25, 0.3) is 0 Å². The van der Waals surface area contributed by atoms with E-state index in [0.29, 0.717) is 0 Å². The molecule has 10 rings (SSSR count). The molecule has 0 saturated carbocycles. The largest absolute Gasteiger partial charge is 0.314 e. The summed E-state index contributed by atoms with van der Waals surface area (Å²) in [5.74, 6) is 0. The summed E-state index contributed by atoms with van der Waals surface area (Å²) in [6, 6.07) is 51.4. The third-order valence-corrected chi connectivity index (χ3v) is 16.1. The molecule has 0 unspecified atom stereocenters. The lowest BCUT2D eigenvalue weighted by molar-refractivity contribution is 0.479. The number of fused-ring (bicyclic) bond motifs is 6. The molecule has 0 amide bonds. The average Bonchev–Trinajstić information content (AvgIpc) is 3.64. The lowest BCUT2D eigenvalue weighted by Gasteiger charge is -2.33. The van der Waals surface area contributed by atoms with E-state index in [0.717, 1.165) is 29.9 Å². The Morgan fingerprint density at radius 1 is 0.394 bits per heavy atom. The highest BCUT2D eigenvalue weighted by atomic mass is 32.2. The third kappa shape index (κ3) is 8.09. The first kappa shape index (κ1) is 44.3. The highest BCUT2D eigenvalue weighted by Gasteiger charge is 2.27. The van der Waals surface area contributed by atoms with Crippen molar-refractivity contribution in [3.05, 3.63) is 174 Å². The van der Waals surface area contributed by atoms with Crippen LogP contribution < -0.4 is 9.80 Å². The van der Waals surface area contributed by atoms with Crippen LogP contribution in [0.1, 0.15) is 113 Å². The SMILES string of the molecule is CC(C)(C)C1=CC=C(N(c2ccc(C(C)(C)C)cc2)c2ccc3c(c2)sc2cc4c5c(cccc5c23)Sc2cc(N(c3ccc(C(C)(C)C)cc3)c3ccc(C(C)(C)C)cc3)ccc2-4)CC1. The van der Waals surface area contributed by atoms with Gasteiger partial charge in [-0.25, -0.2) is 0 Å². The van der Waals surface area contributed by atoms with Crippen LogP contribution in [0.4, 0.5) is 28.4 Å². The molecule has 0 fully saturated rings. The first-order valence-electron chi connectivity index (χ1n) is 23.8. The molecule has 334 valence electrons. The molecule has 66 heavy (non-hydrogen) atoms. The molecule has 4 heteroatoms. The zero-order chi connectivity index (χ0) is 46.5. The molecule has 0 bridgehead atoms. The summed E-state index contributed by atoms with van der Waals surface area (Å²) in [5, 5.41) is 5.39. The second kappa shape index (κ2) is 16.1. The maximum absolute atomic E-state index is 2.51. The molecule has 0 atom stereocenters. The molecule has 1 aromatic heterocycles. The number of hydrogen-bond donors (Lipinski definition) is 0. The molecule has 7 aromatic carbocycles. The molecular weight excluding hydrogens is 837 g/mol. The molecule has 8 aromatic rings. The Bertz CT molecular complexity index is 3170. The number of rotatable bonds is 6. The molecule has 1 aliphatic carbocycles. The first-order chi connectivity index (χ1) is 31.2. The van der Waals surface area contributed by atoms with Crippen LogP contribution in [0.15, 0.2) is 167 Å². The number of hydrogen-bond acceptors (Lipinski definition) is 4. The molecule has 0 radical (unpaired) electrons. The smallest absolute Gasteiger partial charge is 0.0473 e. The van der Waals surface area contributed by atoms with E-state index in [1.54, 1.807) is 0 Å². The average molecular weight is 901 g/mol. The van der Waals surface area contributed by atoms with Crippen molar-refractivity contribution in [1.29, 1.82) is 0 Å². The van der Waals surface area contributed by atoms with E-state index >= 15 is 0 Å². The van der Waals surface area contributed by atoms with Crippen molar-refractivity contribution in [3.63, 3.8) is 0 Å². The summed E-state index contributed by atoms with van der Waals surface area (Å²) in [7, 11) is 0. The predicted molar refractivity (Wildman–Crippen MR) is 291 cm³/mol. The topological polar surface area (TPSA) is 6.48 Å². The lowest BCUT2D eigenvalue weighted by atomic mass is 9.81. The van der Waals surface area contributed by atoms with E-state index in [1.165, 1.54) is 91.2 Å². The quantitative estimate of drug-likeness (QED) is 0.164. The number of benzene rings is 7.